The van der Waals surface area contributed by atoms with Gasteiger partial charge >= 0.3 is 12.1 Å². The number of aryl methyl sites for hydroxylation is 2. The third-order valence-electron chi connectivity index (χ3n) is 4.18. The summed E-state index contributed by atoms with van der Waals surface area (Å²) in [5.41, 5.74) is 1.49. The highest BCUT2D eigenvalue weighted by atomic mass is 35.5. The first-order valence-electron chi connectivity index (χ1n) is 7.47. The zero-order valence-electron chi connectivity index (χ0n) is 13.6. The molecular weight excluding hydrogens is 363 g/mol. The fourth-order valence-corrected chi connectivity index (χ4v) is 2.92. The van der Waals surface area contributed by atoms with Crippen molar-refractivity contribution in [2.45, 2.75) is 20.0 Å². The van der Waals surface area contributed by atoms with Crippen LogP contribution in [0.3, 0.4) is 0 Å². The van der Waals surface area contributed by atoms with E-state index < -0.39 is 49.6 Å². The van der Waals surface area contributed by atoms with Crippen LogP contribution in [0.4, 0.5) is 13.2 Å². The number of carboxylic acid groups (broad SMARTS) is 1. The lowest BCUT2D eigenvalue weighted by Crippen LogP contribution is -2.35. The van der Waals surface area contributed by atoms with E-state index in [-0.39, 0.29) is 0 Å². The maximum Gasteiger partial charge on any atom is 0.394 e. The number of alkyl halides is 3. The second-order valence-electron chi connectivity index (χ2n) is 6.05. The fraction of sp³-hybridized carbons (Fsp3) is 0.500. The molecule has 1 aromatic carbocycles. The van der Waals surface area contributed by atoms with Crippen molar-refractivity contribution >= 4 is 23.5 Å². The number of hydrogen-bond donors (Lipinski definition) is 1. The lowest BCUT2D eigenvalue weighted by molar-refractivity contribution is -0.188. The maximum absolute atomic E-state index is 12.9. The van der Waals surface area contributed by atoms with Crippen LogP contribution in [0.25, 0.3) is 0 Å². The molecule has 25 heavy (non-hydrogen) atoms. The summed E-state index contributed by atoms with van der Waals surface area (Å²) in [6, 6.07) is 3.23. The molecular formula is C16H17ClF3NO4. The number of amides is 1. The molecule has 2 atom stereocenters. The molecule has 0 radical (unpaired) electrons. The van der Waals surface area contributed by atoms with Gasteiger partial charge in [0.1, 0.15) is 5.75 Å². The summed E-state index contributed by atoms with van der Waals surface area (Å²) < 4.78 is 44.2. The number of nitrogens with zero attached hydrogens (tertiary/aromatic N) is 1. The van der Waals surface area contributed by atoms with E-state index in [0.717, 1.165) is 16.0 Å². The molecule has 0 saturated carbocycles. The Labute approximate surface area is 147 Å². The number of carbonyl (C=O) groups is 2. The van der Waals surface area contributed by atoms with Gasteiger partial charge in [0.2, 0.25) is 0 Å². The minimum atomic E-state index is -4.68. The highest BCUT2D eigenvalue weighted by Crippen LogP contribution is 2.37. The van der Waals surface area contributed by atoms with Crippen LogP contribution in [0.1, 0.15) is 11.1 Å². The van der Waals surface area contributed by atoms with Crippen molar-refractivity contribution in [1.82, 2.24) is 4.90 Å². The van der Waals surface area contributed by atoms with E-state index in [1.54, 1.807) is 26.0 Å². The number of carboxylic acids is 1. The van der Waals surface area contributed by atoms with Crippen molar-refractivity contribution < 1.29 is 32.6 Å². The van der Waals surface area contributed by atoms with E-state index in [2.05, 4.69) is 0 Å². The molecule has 1 heterocycles. The van der Waals surface area contributed by atoms with Crippen LogP contribution in [0.15, 0.2) is 12.1 Å². The van der Waals surface area contributed by atoms with E-state index in [1.165, 1.54) is 0 Å². The summed E-state index contributed by atoms with van der Waals surface area (Å²) in [5, 5.41) is 9.53. The Bertz CT molecular complexity index is 669. The van der Waals surface area contributed by atoms with Gasteiger partial charge in [0.25, 0.3) is 5.91 Å². The van der Waals surface area contributed by atoms with Crippen LogP contribution in [-0.2, 0) is 9.59 Å². The van der Waals surface area contributed by atoms with E-state index >= 15 is 0 Å². The number of likely N-dealkylation sites (tertiary alicyclic amines) is 1. The van der Waals surface area contributed by atoms with Crippen molar-refractivity contribution in [2.24, 2.45) is 11.8 Å². The Morgan fingerprint density at radius 2 is 1.84 bits per heavy atom. The number of carbonyl (C=O) groups excluding carboxylic acids is 1. The first-order valence-corrected chi connectivity index (χ1v) is 7.85. The highest BCUT2D eigenvalue weighted by molar-refractivity contribution is 6.32. The third-order valence-corrected chi connectivity index (χ3v) is 4.78. The Kier molecular flexibility index (Phi) is 5.51. The van der Waals surface area contributed by atoms with Crippen molar-refractivity contribution in [3.63, 3.8) is 0 Å². The zero-order chi connectivity index (χ0) is 18.9. The van der Waals surface area contributed by atoms with Crippen molar-refractivity contribution in [3.05, 3.63) is 28.3 Å². The van der Waals surface area contributed by atoms with Crippen molar-refractivity contribution in [3.8, 4) is 5.75 Å². The summed E-state index contributed by atoms with van der Waals surface area (Å²) in [4.78, 5) is 24.0. The molecule has 1 saturated heterocycles. The Balaban J connectivity index is 2.03. The van der Waals surface area contributed by atoms with Gasteiger partial charge in [-0.3, -0.25) is 9.59 Å². The summed E-state index contributed by atoms with van der Waals surface area (Å²) in [7, 11) is 0. The Hall–Kier alpha value is -1.96. The normalized spacial score (nSPS) is 20.6. The van der Waals surface area contributed by atoms with E-state index in [1.807, 2.05) is 0 Å². The second kappa shape index (κ2) is 7.11. The first-order chi connectivity index (χ1) is 11.5. The molecule has 138 valence electrons. The van der Waals surface area contributed by atoms with Gasteiger partial charge in [-0.05, 0) is 37.1 Å². The highest BCUT2D eigenvalue weighted by Gasteiger charge is 2.53. The van der Waals surface area contributed by atoms with Gasteiger partial charge in [-0.15, -0.1) is 0 Å². The fourth-order valence-electron chi connectivity index (χ4n) is 2.82. The minimum absolute atomic E-state index is 0.370. The molecule has 0 aromatic heterocycles. The molecule has 1 amide bonds. The molecule has 9 heteroatoms. The van der Waals surface area contributed by atoms with Crippen LogP contribution < -0.4 is 4.74 Å². The SMILES string of the molecule is Cc1cc(OCC(=O)N2C[C@@H](C(F)(F)F)[C@H](C(=O)O)C2)cc(C)c1Cl. The Morgan fingerprint density at radius 3 is 2.28 bits per heavy atom. The number of halogens is 4. The quantitative estimate of drug-likeness (QED) is 0.873. The average Bonchev–Trinajstić information content (AvgIpc) is 2.96. The summed E-state index contributed by atoms with van der Waals surface area (Å²) in [6.45, 7) is 1.88. The van der Waals surface area contributed by atoms with Crippen LogP contribution in [-0.4, -0.2) is 47.8 Å². The van der Waals surface area contributed by atoms with Gasteiger partial charge < -0.3 is 14.7 Å². The monoisotopic (exact) mass is 379 g/mol. The van der Waals surface area contributed by atoms with Crippen LogP contribution in [0, 0.1) is 25.7 Å². The molecule has 1 N–H and O–H groups in total. The van der Waals surface area contributed by atoms with Crippen LogP contribution >= 0.6 is 11.6 Å². The van der Waals surface area contributed by atoms with Crippen molar-refractivity contribution in [1.29, 1.82) is 0 Å². The molecule has 0 spiro atoms. The average molecular weight is 380 g/mol. The van der Waals surface area contributed by atoms with Gasteiger partial charge in [0.15, 0.2) is 6.61 Å². The number of rotatable bonds is 4. The smallest absolute Gasteiger partial charge is 0.394 e. The topological polar surface area (TPSA) is 66.8 Å². The molecule has 5 nitrogen and oxygen atoms in total. The lowest BCUT2D eigenvalue weighted by Gasteiger charge is -2.18. The minimum Gasteiger partial charge on any atom is -0.484 e. The van der Waals surface area contributed by atoms with E-state index in [9.17, 15) is 22.8 Å². The number of hydrogen-bond acceptors (Lipinski definition) is 3. The number of ether oxygens (including phenoxy) is 1. The lowest BCUT2D eigenvalue weighted by atomic mass is 9.96. The summed E-state index contributed by atoms with van der Waals surface area (Å²) in [5.74, 6) is -5.63. The predicted octanol–water partition coefficient (Wildman–Crippen LogP) is 3.06. The predicted molar refractivity (Wildman–Crippen MR) is 83.7 cm³/mol. The van der Waals surface area contributed by atoms with Gasteiger partial charge in [0.05, 0.1) is 11.8 Å². The van der Waals surface area contributed by atoms with Crippen LogP contribution in [0.2, 0.25) is 5.02 Å². The van der Waals surface area contributed by atoms with Gasteiger partial charge in [0, 0.05) is 18.1 Å². The molecule has 0 bridgehead atoms. The van der Waals surface area contributed by atoms with Gasteiger partial charge in [-0.2, -0.15) is 13.2 Å². The van der Waals surface area contributed by atoms with Gasteiger partial charge in [-0.25, -0.2) is 0 Å². The standard InChI is InChI=1S/C16H17ClF3NO4/c1-8-3-10(4-9(2)14(8)17)25-7-13(22)21-5-11(15(23)24)12(6-21)16(18,19)20/h3-4,11-12H,5-7H2,1-2H3,(H,23,24)/t11-,12-/m1/s1. The molecule has 1 aromatic rings. The zero-order valence-corrected chi connectivity index (χ0v) is 14.3. The molecule has 2 rings (SSSR count). The van der Waals surface area contributed by atoms with E-state index in [0.29, 0.717) is 10.8 Å². The van der Waals surface area contributed by atoms with Gasteiger partial charge in [-0.1, -0.05) is 11.6 Å². The second-order valence-corrected chi connectivity index (χ2v) is 6.43. The summed E-state index contributed by atoms with van der Waals surface area (Å²) in [6.07, 6.45) is -4.68. The molecule has 1 fully saturated rings. The Morgan fingerprint density at radius 1 is 1.28 bits per heavy atom. The van der Waals surface area contributed by atoms with Crippen molar-refractivity contribution in [2.75, 3.05) is 19.7 Å². The molecule has 1 aliphatic rings. The third kappa shape index (κ3) is 4.36. The summed E-state index contributed by atoms with van der Waals surface area (Å²) >= 11 is 6.03. The van der Waals surface area contributed by atoms with E-state index in [4.69, 9.17) is 21.4 Å². The number of aliphatic carboxylic acids is 1. The molecule has 0 aliphatic carbocycles. The number of benzene rings is 1. The van der Waals surface area contributed by atoms with Crippen LogP contribution in [0.5, 0.6) is 5.75 Å². The largest absolute Gasteiger partial charge is 0.484 e. The first kappa shape index (κ1) is 19.4. The molecule has 0 unspecified atom stereocenters. The molecule has 1 aliphatic heterocycles. The maximum atomic E-state index is 12.9.